The number of nitro groups is 1. The number of hydrogen-bond donors (Lipinski definition) is 3. The Morgan fingerprint density at radius 1 is 1.08 bits per heavy atom. The van der Waals surface area contributed by atoms with Gasteiger partial charge in [-0.2, -0.15) is 0 Å². The summed E-state index contributed by atoms with van der Waals surface area (Å²) in [7, 11) is 0. The highest BCUT2D eigenvalue weighted by molar-refractivity contribution is 7.80. The Morgan fingerprint density at radius 3 is 2.52 bits per heavy atom. The van der Waals surface area contributed by atoms with Crippen LogP contribution in [0.15, 0.2) is 42.5 Å². The van der Waals surface area contributed by atoms with Crippen molar-refractivity contribution in [1.29, 1.82) is 0 Å². The van der Waals surface area contributed by atoms with Crippen LogP contribution < -0.4 is 25.6 Å². The monoisotopic (exact) mass is 360 g/mol. The summed E-state index contributed by atoms with van der Waals surface area (Å²) < 4.78 is 10.4. The van der Waals surface area contributed by atoms with E-state index in [0.29, 0.717) is 22.7 Å². The number of hydrogen-bond acceptors (Lipinski definition) is 6. The van der Waals surface area contributed by atoms with Crippen LogP contribution in [0.1, 0.15) is 10.4 Å². The number of carbonyl (C=O) groups excluding carboxylic acids is 1. The Morgan fingerprint density at radius 2 is 1.80 bits per heavy atom. The van der Waals surface area contributed by atoms with E-state index >= 15 is 0 Å². The zero-order valence-corrected chi connectivity index (χ0v) is 13.5. The average Bonchev–Trinajstić information content (AvgIpc) is 3.07. The summed E-state index contributed by atoms with van der Waals surface area (Å²) in [5.41, 5.74) is 5.88. The number of benzene rings is 2. The number of nitro benzene ring substituents is 1. The molecule has 2 aromatic rings. The summed E-state index contributed by atoms with van der Waals surface area (Å²) in [5.74, 6) is 0.672. The number of rotatable bonds is 3. The van der Waals surface area contributed by atoms with Gasteiger partial charge in [0.15, 0.2) is 16.6 Å². The lowest BCUT2D eigenvalue weighted by Crippen LogP contribution is -2.43. The third-order valence-electron chi connectivity index (χ3n) is 3.26. The molecule has 0 aromatic heterocycles. The van der Waals surface area contributed by atoms with Crippen molar-refractivity contribution in [3.8, 4) is 11.5 Å². The minimum absolute atomic E-state index is 0.0273. The number of amides is 1. The molecule has 1 heterocycles. The molecule has 0 aliphatic carbocycles. The van der Waals surface area contributed by atoms with Crippen LogP contribution in [-0.2, 0) is 0 Å². The van der Waals surface area contributed by atoms with Crippen LogP contribution in [0.2, 0.25) is 0 Å². The highest BCUT2D eigenvalue weighted by atomic mass is 32.1. The fraction of sp³-hybridized carbons (Fsp3) is 0.0667. The molecule has 10 heteroatoms. The first-order valence-corrected chi connectivity index (χ1v) is 7.45. The van der Waals surface area contributed by atoms with Crippen LogP contribution in [0.4, 0.5) is 11.4 Å². The molecule has 128 valence electrons. The van der Waals surface area contributed by atoms with Crippen molar-refractivity contribution in [2.75, 3.05) is 12.1 Å². The quantitative estimate of drug-likeness (QED) is 0.432. The maximum atomic E-state index is 12.1. The average molecular weight is 360 g/mol. The second-order valence-corrected chi connectivity index (χ2v) is 5.31. The lowest BCUT2D eigenvalue weighted by Gasteiger charge is -2.11. The highest BCUT2D eigenvalue weighted by Gasteiger charge is 2.16. The molecule has 1 aliphatic rings. The molecule has 9 nitrogen and oxygen atoms in total. The molecule has 0 saturated carbocycles. The second-order valence-electron chi connectivity index (χ2n) is 4.91. The third-order valence-corrected chi connectivity index (χ3v) is 3.46. The molecule has 0 bridgehead atoms. The van der Waals surface area contributed by atoms with Gasteiger partial charge in [-0.05, 0) is 42.5 Å². The number of non-ortho nitro benzene ring substituents is 1. The van der Waals surface area contributed by atoms with Gasteiger partial charge in [-0.15, -0.1) is 0 Å². The predicted molar refractivity (Wildman–Crippen MR) is 92.5 cm³/mol. The molecule has 1 aliphatic heterocycles. The van der Waals surface area contributed by atoms with Crippen LogP contribution in [0.3, 0.4) is 0 Å². The normalized spacial score (nSPS) is 11.5. The van der Waals surface area contributed by atoms with E-state index in [1.54, 1.807) is 18.2 Å². The fourth-order valence-corrected chi connectivity index (χ4v) is 2.22. The summed E-state index contributed by atoms with van der Waals surface area (Å²) in [6.07, 6.45) is 0. The Hall–Kier alpha value is -3.40. The van der Waals surface area contributed by atoms with E-state index in [4.69, 9.17) is 21.7 Å². The molecule has 1 amide bonds. The molecular formula is C15H12N4O5S. The Balaban J connectivity index is 1.53. The summed E-state index contributed by atoms with van der Waals surface area (Å²) in [4.78, 5) is 22.2. The number of ether oxygens (including phenoxy) is 2. The molecule has 3 rings (SSSR count). The maximum absolute atomic E-state index is 12.1. The highest BCUT2D eigenvalue weighted by Crippen LogP contribution is 2.32. The van der Waals surface area contributed by atoms with E-state index in [1.807, 2.05) is 0 Å². The van der Waals surface area contributed by atoms with Gasteiger partial charge >= 0.3 is 0 Å². The van der Waals surface area contributed by atoms with E-state index in [2.05, 4.69) is 16.2 Å². The topological polar surface area (TPSA) is 115 Å². The molecule has 0 spiro atoms. The van der Waals surface area contributed by atoms with Gasteiger partial charge < -0.3 is 14.8 Å². The van der Waals surface area contributed by atoms with Gasteiger partial charge in [0.1, 0.15) is 0 Å². The van der Waals surface area contributed by atoms with Crippen LogP contribution in [-0.4, -0.2) is 22.7 Å². The Bertz CT molecular complexity index is 840. The Kier molecular flexibility index (Phi) is 4.61. The molecule has 0 atom stereocenters. The number of nitrogens with one attached hydrogen (secondary N) is 3. The van der Waals surface area contributed by atoms with E-state index < -0.39 is 10.8 Å². The predicted octanol–water partition coefficient (Wildman–Crippen LogP) is 1.95. The first kappa shape index (κ1) is 16.5. The number of fused-ring (bicyclic) bond motifs is 1. The lowest BCUT2D eigenvalue weighted by atomic mass is 10.2. The van der Waals surface area contributed by atoms with Gasteiger partial charge in [0, 0.05) is 23.4 Å². The van der Waals surface area contributed by atoms with E-state index in [9.17, 15) is 14.9 Å². The molecular weight excluding hydrogens is 348 g/mol. The van der Waals surface area contributed by atoms with Crippen molar-refractivity contribution >= 4 is 34.6 Å². The molecule has 25 heavy (non-hydrogen) atoms. The minimum atomic E-state index is -0.494. The number of anilines is 1. The molecule has 2 aromatic carbocycles. The summed E-state index contributed by atoms with van der Waals surface area (Å²) in [6, 6.07) is 10.5. The zero-order valence-electron chi connectivity index (χ0n) is 12.6. The molecule has 0 unspecified atom stereocenters. The number of carbonyl (C=O) groups is 1. The third kappa shape index (κ3) is 3.93. The van der Waals surface area contributed by atoms with Gasteiger partial charge in [0.05, 0.1) is 4.92 Å². The zero-order chi connectivity index (χ0) is 17.8. The number of nitrogens with zero attached hydrogens (tertiary/aromatic N) is 1. The van der Waals surface area contributed by atoms with Gasteiger partial charge in [0.2, 0.25) is 6.79 Å². The first-order chi connectivity index (χ1) is 12.0. The number of thiocarbonyl (C=S) groups is 1. The van der Waals surface area contributed by atoms with Gasteiger partial charge in [-0.25, -0.2) is 0 Å². The standard InChI is InChI=1S/C15H12N4O5S/c20-14(9-1-6-12-13(7-9)24-8-23-12)17-18-15(25)16-10-2-4-11(5-3-10)19(21)22/h1-7H,8H2,(H,17,20)(H2,16,18,25). The molecule has 0 saturated heterocycles. The van der Waals surface area contributed by atoms with Crippen LogP contribution in [0, 0.1) is 10.1 Å². The van der Waals surface area contributed by atoms with Gasteiger partial charge in [0.25, 0.3) is 11.6 Å². The van der Waals surface area contributed by atoms with Crippen molar-refractivity contribution in [2.24, 2.45) is 0 Å². The largest absolute Gasteiger partial charge is 0.454 e. The summed E-state index contributed by atoms with van der Waals surface area (Å²) >= 11 is 5.05. The minimum Gasteiger partial charge on any atom is -0.454 e. The van der Waals surface area contributed by atoms with Crippen LogP contribution >= 0.6 is 12.2 Å². The number of hydrazine groups is 1. The smallest absolute Gasteiger partial charge is 0.269 e. The van der Waals surface area contributed by atoms with Crippen molar-refractivity contribution < 1.29 is 19.2 Å². The molecule has 0 radical (unpaired) electrons. The Labute approximate surface area is 147 Å². The molecule has 0 fully saturated rings. The van der Waals surface area contributed by atoms with Crippen LogP contribution in [0.5, 0.6) is 11.5 Å². The second kappa shape index (κ2) is 7.01. The van der Waals surface area contributed by atoms with E-state index in [-0.39, 0.29) is 17.6 Å². The lowest BCUT2D eigenvalue weighted by molar-refractivity contribution is -0.384. The SMILES string of the molecule is O=C(NNC(=S)Nc1ccc([N+](=O)[O-])cc1)c1ccc2c(c1)OCO2. The van der Waals surface area contributed by atoms with Crippen molar-refractivity contribution in [1.82, 2.24) is 10.9 Å². The first-order valence-electron chi connectivity index (χ1n) is 7.04. The fourth-order valence-electron chi connectivity index (χ4n) is 2.05. The summed E-state index contributed by atoms with van der Waals surface area (Å²) in [6.45, 7) is 0.127. The van der Waals surface area contributed by atoms with Crippen LogP contribution in [0.25, 0.3) is 0 Å². The maximum Gasteiger partial charge on any atom is 0.269 e. The van der Waals surface area contributed by atoms with Gasteiger partial charge in [-0.3, -0.25) is 25.8 Å². The van der Waals surface area contributed by atoms with E-state index in [0.717, 1.165) is 0 Å². The summed E-state index contributed by atoms with van der Waals surface area (Å²) in [5, 5.41) is 13.5. The van der Waals surface area contributed by atoms with Gasteiger partial charge in [-0.1, -0.05) is 0 Å². The van der Waals surface area contributed by atoms with Crippen molar-refractivity contribution in [3.63, 3.8) is 0 Å². The molecule has 3 N–H and O–H groups in total. The van der Waals surface area contributed by atoms with Crippen molar-refractivity contribution in [3.05, 3.63) is 58.1 Å². The van der Waals surface area contributed by atoms with E-state index in [1.165, 1.54) is 24.3 Å². The van der Waals surface area contributed by atoms with Crippen molar-refractivity contribution in [2.45, 2.75) is 0 Å².